The number of nitrogens with zero attached hydrogens (tertiary/aromatic N) is 3. The molecule has 0 unspecified atom stereocenters. The SMILES string of the molecule is CNc1ccnc2c1cnn2C1CNC1. The molecular formula is C10H13N5. The maximum atomic E-state index is 4.40. The molecule has 2 aromatic heterocycles. The van der Waals surface area contributed by atoms with Crippen LogP contribution in [0.3, 0.4) is 0 Å². The number of hydrogen-bond acceptors (Lipinski definition) is 4. The van der Waals surface area contributed by atoms with Crippen LogP contribution in [-0.2, 0) is 0 Å². The fourth-order valence-corrected chi connectivity index (χ4v) is 1.88. The number of fused-ring (bicyclic) bond motifs is 1. The van der Waals surface area contributed by atoms with Gasteiger partial charge >= 0.3 is 0 Å². The lowest BCUT2D eigenvalue weighted by Crippen LogP contribution is -2.43. The predicted molar refractivity (Wildman–Crippen MR) is 59.0 cm³/mol. The normalized spacial score (nSPS) is 16.6. The van der Waals surface area contributed by atoms with Gasteiger partial charge in [-0.3, -0.25) is 0 Å². The fourth-order valence-electron chi connectivity index (χ4n) is 1.88. The summed E-state index contributed by atoms with van der Waals surface area (Å²) in [5, 5.41) is 11.9. The molecule has 0 aliphatic carbocycles. The van der Waals surface area contributed by atoms with Crippen LogP contribution in [0, 0.1) is 0 Å². The Morgan fingerprint density at radius 1 is 1.53 bits per heavy atom. The molecule has 1 aliphatic rings. The number of hydrogen-bond donors (Lipinski definition) is 2. The molecule has 0 bridgehead atoms. The molecule has 0 spiro atoms. The first-order valence-corrected chi connectivity index (χ1v) is 5.11. The van der Waals surface area contributed by atoms with E-state index in [2.05, 4.69) is 20.7 Å². The van der Waals surface area contributed by atoms with E-state index in [-0.39, 0.29) is 0 Å². The van der Waals surface area contributed by atoms with Gasteiger partial charge in [0.05, 0.1) is 17.6 Å². The van der Waals surface area contributed by atoms with E-state index in [1.54, 1.807) is 0 Å². The van der Waals surface area contributed by atoms with Crippen LogP contribution in [0.15, 0.2) is 18.5 Å². The Labute approximate surface area is 87.5 Å². The summed E-state index contributed by atoms with van der Waals surface area (Å²) in [6.45, 7) is 1.98. The number of nitrogens with one attached hydrogen (secondary N) is 2. The highest BCUT2D eigenvalue weighted by Crippen LogP contribution is 2.23. The van der Waals surface area contributed by atoms with Crippen LogP contribution in [-0.4, -0.2) is 34.9 Å². The van der Waals surface area contributed by atoms with E-state index < -0.39 is 0 Å². The molecule has 78 valence electrons. The van der Waals surface area contributed by atoms with E-state index in [1.807, 2.05) is 30.2 Å². The highest BCUT2D eigenvalue weighted by atomic mass is 15.3. The third-order valence-electron chi connectivity index (χ3n) is 2.87. The second-order valence-electron chi connectivity index (χ2n) is 3.75. The quantitative estimate of drug-likeness (QED) is 0.751. The molecule has 0 aromatic carbocycles. The van der Waals surface area contributed by atoms with Crippen molar-refractivity contribution in [3.63, 3.8) is 0 Å². The van der Waals surface area contributed by atoms with Gasteiger partial charge in [0.2, 0.25) is 0 Å². The number of pyridine rings is 1. The molecule has 15 heavy (non-hydrogen) atoms. The van der Waals surface area contributed by atoms with E-state index in [4.69, 9.17) is 0 Å². The van der Waals surface area contributed by atoms with Crippen molar-refractivity contribution in [1.29, 1.82) is 0 Å². The number of rotatable bonds is 2. The van der Waals surface area contributed by atoms with Gasteiger partial charge in [0.25, 0.3) is 0 Å². The minimum absolute atomic E-state index is 0.460. The van der Waals surface area contributed by atoms with Crippen LogP contribution in [0.1, 0.15) is 6.04 Å². The number of anilines is 1. The minimum Gasteiger partial charge on any atom is -0.387 e. The zero-order valence-corrected chi connectivity index (χ0v) is 8.57. The maximum absolute atomic E-state index is 4.40. The second-order valence-corrected chi connectivity index (χ2v) is 3.75. The van der Waals surface area contributed by atoms with Crippen molar-refractivity contribution in [3.8, 4) is 0 Å². The van der Waals surface area contributed by atoms with Gasteiger partial charge in [-0.1, -0.05) is 0 Å². The molecule has 0 saturated carbocycles. The zero-order valence-electron chi connectivity index (χ0n) is 8.57. The van der Waals surface area contributed by atoms with Gasteiger partial charge < -0.3 is 10.6 Å². The van der Waals surface area contributed by atoms with Crippen molar-refractivity contribution in [2.75, 3.05) is 25.5 Å². The molecule has 2 N–H and O–H groups in total. The van der Waals surface area contributed by atoms with Gasteiger partial charge in [0, 0.05) is 32.0 Å². The van der Waals surface area contributed by atoms with Crippen LogP contribution in [0.5, 0.6) is 0 Å². The minimum atomic E-state index is 0.460. The summed E-state index contributed by atoms with van der Waals surface area (Å²) in [5.74, 6) is 0. The summed E-state index contributed by atoms with van der Waals surface area (Å²) in [6.07, 6.45) is 3.70. The Hall–Kier alpha value is -1.62. The standard InChI is InChI=1S/C10H13N5/c1-11-9-2-3-13-10-8(9)6-14-15(10)7-4-12-5-7/h2-3,6-7,12H,4-5H2,1H3,(H,11,13). The van der Waals surface area contributed by atoms with E-state index in [1.165, 1.54) is 0 Å². The van der Waals surface area contributed by atoms with Crippen LogP contribution in [0.2, 0.25) is 0 Å². The monoisotopic (exact) mass is 203 g/mol. The van der Waals surface area contributed by atoms with Crippen LogP contribution < -0.4 is 10.6 Å². The molecule has 2 aromatic rings. The Morgan fingerprint density at radius 3 is 3.07 bits per heavy atom. The Bertz CT molecular complexity index is 486. The third-order valence-corrected chi connectivity index (χ3v) is 2.87. The highest BCUT2D eigenvalue weighted by Gasteiger charge is 2.22. The average molecular weight is 203 g/mol. The van der Waals surface area contributed by atoms with E-state index in [0.29, 0.717) is 6.04 Å². The Kier molecular flexibility index (Phi) is 1.85. The molecule has 1 fully saturated rings. The summed E-state index contributed by atoms with van der Waals surface area (Å²) in [4.78, 5) is 4.39. The third kappa shape index (κ3) is 1.20. The molecule has 1 saturated heterocycles. The van der Waals surface area contributed by atoms with Crippen molar-refractivity contribution in [3.05, 3.63) is 18.5 Å². The van der Waals surface area contributed by atoms with Crippen molar-refractivity contribution < 1.29 is 0 Å². The van der Waals surface area contributed by atoms with Crippen LogP contribution in [0.25, 0.3) is 11.0 Å². The molecule has 0 atom stereocenters. The second kappa shape index (κ2) is 3.20. The average Bonchev–Trinajstić information content (AvgIpc) is 2.59. The molecule has 3 heterocycles. The smallest absolute Gasteiger partial charge is 0.160 e. The van der Waals surface area contributed by atoms with Crippen molar-refractivity contribution >= 4 is 16.7 Å². The van der Waals surface area contributed by atoms with Gasteiger partial charge in [-0.15, -0.1) is 0 Å². The lowest BCUT2D eigenvalue weighted by molar-refractivity contribution is 0.325. The first kappa shape index (κ1) is 8.67. The van der Waals surface area contributed by atoms with Crippen molar-refractivity contribution in [2.24, 2.45) is 0 Å². The first-order chi connectivity index (χ1) is 7.40. The van der Waals surface area contributed by atoms with Gasteiger partial charge in [0.15, 0.2) is 5.65 Å². The molecule has 5 heteroatoms. The van der Waals surface area contributed by atoms with Gasteiger partial charge in [0.1, 0.15) is 0 Å². The highest BCUT2D eigenvalue weighted by molar-refractivity contribution is 5.88. The van der Waals surface area contributed by atoms with Gasteiger partial charge in [-0.2, -0.15) is 5.10 Å². The summed E-state index contributed by atoms with van der Waals surface area (Å²) in [5.41, 5.74) is 2.05. The summed E-state index contributed by atoms with van der Waals surface area (Å²) >= 11 is 0. The molecular weight excluding hydrogens is 190 g/mol. The molecule has 5 nitrogen and oxygen atoms in total. The Balaban J connectivity index is 2.16. The summed E-state index contributed by atoms with van der Waals surface area (Å²) in [6, 6.07) is 2.43. The fraction of sp³-hybridized carbons (Fsp3) is 0.400. The van der Waals surface area contributed by atoms with Crippen LogP contribution in [0.4, 0.5) is 5.69 Å². The lowest BCUT2D eigenvalue weighted by Gasteiger charge is -2.27. The molecule has 0 amide bonds. The van der Waals surface area contributed by atoms with Gasteiger partial charge in [-0.05, 0) is 6.07 Å². The van der Waals surface area contributed by atoms with E-state index >= 15 is 0 Å². The summed E-state index contributed by atoms with van der Waals surface area (Å²) in [7, 11) is 1.91. The lowest BCUT2D eigenvalue weighted by atomic mass is 10.2. The summed E-state index contributed by atoms with van der Waals surface area (Å²) < 4.78 is 2.01. The van der Waals surface area contributed by atoms with Gasteiger partial charge in [-0.25, -0.2) is 9.67 Å². The predicted octanol–water partition coefficient (Wildman–Crippen LogP) is 0.617. The largest absolute Gasteiger partial charge is 0.387 e. The zero-order chi connectivity index (χ0) is 10.3. The Morgan fingerprint density at radius 2 is 2.40 bits per heavy atom. The first-order valence-electron chi connectivity index (χ1n) is 5.11. The maximum Gasteiger partial charge on any atom is 0.160 e. The number of aromatic nitrogens is 3. The topological polar surface area (TPSA) is 54.8 Å². The molecule has 3 rings (SSSR count). The van der Waals surface area contributed by atoms with Crippen molar-refractivity contribution in [1.82, 2.24) is 20.1 Å². The molecule has 0 radical (unpaired) electrons. The van der Waals surface area contributed by atoms with Crippen molar-refractivity contribution in [2.45, 2.75) is 6.04 Å². The van der Waals surface area contributed by atoms with E-state index in [9.17, 15) is 0 Å². The molecule has 1 aliphatic heterocycles. The van der Waals surface area contributed by atoms with Crippen LogP contribution >= 0.6 is 0 Å². The van der Waals surface area contributed by atoms with E-state index in [0.717, 1.165) is 29.8 Å².